The second-order valence-electron chi connectivity index (χ2n) is 5.00. The predicted molar refractivity (Wildman–Crippen MR) is 80.9 cm³/mol. The molecule has 0 bridgehead atoms. The van der Waals surface area contributed by atoms with Gasteiger partial charge in [0.2, 0.25) is 5.91 Å². The van der Waals surface area contributed by atoms with Crippen molar-refractivity contribution in [1.82, 2.24) is 10.3 Å². The molecule has 0 saturated heterocycles. The zero-order chi connectivity index (χ0) is 15.8. The fourth-order valence-electron chi connectivity index (χ4n) is 1.53. The number of methoxy groups -OCH3 is 1. The first-order valence-corrected chi connectivity index (χ1v) is 6.79. The van der Waals surface area contributed by atoms with E-state index in [4.69, 9.17) is 5.73 Å². The van der Waals surface area contributed by atoms with E-state index in [-0.39, 0.29) is 11.6 Å². The molecule has 0 spiro atoms. The van der Waals surface area contributed by atoms with Crippen molar-refractivity contribution < 1.29 is 14.3 Å². The van der Waals surface area contributed by atoms with E-state index in [1.807, 2.05) is 13.8 Å². The lowest BCUT2D eigenvalue weighted by molar-refractivity contribution is -0.120. The summed E-state index contributed by atoms with van der Waals surface area (Å²) in [6.07, 6.45) is 0.302. The van der Waals surface area contributed by atoms with Crippen LogP contribution in [0.2, 0.25) is 0 Å². The molecule has 1 heterocycles. The predicted octanol–water partition coefficient (Wildman–Crippen LogP) is 1.02. The number of hydrogen-bond acceptors (Lipinski definition) is 6. The first-order valence-electron chi connectivity index (χ1n) is 6.79. The molecular weight excluding hydrogens is 272 g/mol. The molecular formula is C14H22N4O3. The summed E-state index contributed by atoms with van der Waals surface area (Å²) in [5.41, 5.74) is 6.34. The van der Waals surface area contributed by atoms with Crippen molar-refractivity contribution in [1.29, 1.82) is 0 Å². The average molecular weight is 294 g/mol. The summed E-state index contributed by atoms with van der Waals surface area (Å²) in [7, 11) is 1.28. The molecule has 0 saturated carbocycles. The number of pyridine rings is 1. The Bertz CT molecular complexity index is 503. The number of amides is 1. The number of nitrogens with one attached hydrogen (secondary N) is 2. The molecule has 0 aromatic carbocycles. The second-order valence-corrected chi connectivity index (χ2v) is 5.00. The number of ether oxygens (including phenoxy) is 1. The standard InChI is InChI=1S/C14H22N4O3/c1-9(2)8-17-12(19)6-7-16-13-10(15)4-5-11(18-13)14(20)21-3/h4-5,9H,6-8,15H2,1-3H3,(H,16,18)(H,17,19). The van der Waals surface area contributed by atoms with Gasteiger partial charge in [-0.25, -0.2) is 9.78 Å². The van der Waals surface area contributed by atoms with Crippen molar-refractivity contribution in [3.05, 3.63) is 17.8 Å². The van der Waals surface area contributed by atoms with Crippen molar-refractivity contribution in [3.8, 4) is 0 Å². The first-order chi connectivity index (χ1) is 9.93. The fourth-order valence-corrected chi connectivity index (χ4v) is 1.53. The number of aromatic nitrogens is 1. The highest BCUT2D eigenvalue weighted by Gasteiger charge is 2.10. The summed E-state index contributed by atoms with van der Waals surface area (Å²) in [6, 6.07) is 3.06. The number of esters is 1. The van der Waals surface area contributed by atoms with Gasteiger partial charge in [-0.05, 0) is 18.1 Å². The van der Waals surface area contributed by atoms with Gasteiger partial charge in [0.05, 0.1) is 12.8 Å². The van der Waals surface area contributed by atoms with Crippen molar-refractivity contribution in [2.24, 2.45) is 5.92 Å². The van der Waals surface area contributed by atoms with Gasteiger partial charge in [-0.3, -0.25) is 4.79 Å². The lowest BCUT2D eigenvalue weighted by Gasteiger charge is -2.10. The van der Waals surface area contributed by atoms with Gasteiger partial charge >= 0.3 is 5.97 Å². The van der Waals surface area contributed by atoms with Crippen LogP contribution >= 0.6 is 0 Å². The third kappa shape index (κ3) is 5.68. The highest BCUT2D eigenvalue weighted by molar-refractivity contribution is 5.88. The van der Waals surface area contributed by atoms with E-state index < -0.39 is 5.97 Å². The van der Waals surface area contributed by atoms with Crippen LogP contribution in [0.5, 0.6) is 0 Å². The molecule has 1 amide bonds. The van der Waals surface area contributed by atoms with Gasteiger partial charge in [0.1, 0.15) is 5.82 Å². The molecule has 0 radical (unpaired) electrons. The summed E-state index contributed by atoms with van der Waals surface area (Å²) in [5.74, 6) is 0.206. The van der Waals surface area contributed by atoms with Crippen LogP contribution in [0.25, 0.3) is 0 Å². The Morgan fingerprint density at radius 3 is 2.71 bits per heavy atom. The van der Waals surface area contributed by atoms with Gasteiger partial charge < -0.3 is 21.1 Å². The maximum Gasteiger partial charge on any atom is 0.356 e. The van der Waals surface area contributed by atoms with E-state index in [9.17, 15) is 9.59 Å². The highest BCUT2D eigenvalue weighted by Crippen LogP contribution is 2.16. The van der Waals surface area contributed by atoms with Gasteiger partial charge in [-0.1, -0.05) is 13.8 Å². The molecule has 0 fully saturated rings. The summed E-state index contributed by atoms with van der Waals surface area (Å²) < 4.78 is 4.59. The molecule has 4 N–H and O–H groups in total. The minimum absolute atomic E-state index is 0.0427. The van der Waals surface area contributed by atoms with Gasteiger partial charge in [0.15, 0.2) is 5.69 Å². The van der Waals surface area contributed by atoms with Crippen molar-refractivity contribution in [2.75, 3.05) is 31.2 Å². The van der Waals surface area contributed by atoms with Gasteiger partial charge in [0.25, 0.3) is 0 Å². The molecule has 7 heteroatoms. The van der Waals surface area contributed by atoms with Crippen molar-refractivity contribution >= 4 is 23.4 Å². The Morgan fingerprint density at radius 2 is 2.10 bits per heavy atom. The fraction of sp³-hybridized carbons (Fsp3) is 0.500. The molecule has 0 aliphatic carbocycles. The summed E-state index contributed by atoms with van der Waals surface area (Å²) in [4.78, 5) is 27.0. The number of carbonyl (C=O) groups excluding carboxylic acids is 2. The monoisotopic (exact) mass is 294 g/mol. The van der Waals surface area contributed by atoms with Gasteiger partial charge in [0, 0.05) is 19.5 Å². The van der Waals surface area contributed by atoms with Crippen LogP contribution in [0.1, 0.15) is 30.8 Å². The highest BCUT2D eigenvalue weighted by atomic mass is 16.5. The maximum atomic E-state index is 11.6. The first kappa shape index (κ1) is 16.7. The minimum Gasteiger partial charge on any atom is -0.464 e. The maximum absolute atomic E-state index is 11.6. The number of nitrogens with two attached hydrogens (primary N) is 1. The molecule has 1 aromatic heterocycles. The summed E-state index contributed by atoms with van der Waals surface area (Å²) in [6.45, 7) is 5.09. The average Bonchev–Trinajstić information content (AvgIpc) is 2.46. The normalized spacial score (nSPS) is 10.3. The number of rotatable bonds is 7. The Kier molecular flexibility index (Phi) is 6.45. The van der Waals surface area contributed by atoms with Crippen LogP contribution in [-0.2, 0) is 9.53 Å². The SMILES string of the molecule is COC(=O)c1ccc(N)c(NCCC(=O)NCC(C)C)n1. The third-order valence-electron chi connectivity index (χ3n) is 2.67. The Balaban J connectivity index is 2.51. The summed E-state index contributed by atoms with van der Waals surface area (Å²) >= 11 is 0. The molecule has 0 aliphatic rings. The lowest BCUT2D eigenvalue weighted by Crippen LogP contribution is -2.28. The quantitative estimate of drug-likeness (QED) is 0.648. The molecule has 1 aromatic rings. The zero-order valence-electron chi connectivity index (χ0n) is 12.6. The number of nitrogen functional groups attached to an aromatic ring is 1. The van der Waals surface area contributed by atoms with E-state index in [0.717, 1.165) is 0 Å². The smallest absolute Gasteiger partial charge is 0.356 e. The molecule has 0 aliphatic heterocycles. The zero-order valence-corrected chi connectivity index (χ0v) is 12.6. The molecule has 7 nitrogen and oxygen atoms in total. The molecule has 0 unspecified atom stereocenters. The largest absolute Gasteiger partial charge is 0.464 e. The number of nitrogens with zero attached hydrogens (tertiary/aromatic N) is 1. The van der Waals surface area contributed by atoms with E-state index in [1.54, 1.807) is 6.07 Å². The Hall–Kier alpha value is -2.31. The minimum atomic E-state index is -0.535. The van der Waals surface area contributed by atoms with E-state index >= 15 is 0 Å². The van der Waals surface area contributed by atoms with Crippen LogP contribution in [0.15, 0.2) is 12.1 Å². The van der Waals surface area contributed by atoms with Crippen LogP contribution < -0.4 is 16.4 Å². The van der Waals surface area contributed by atoms with Crippen LogP contribution in [-0.4, -0.2) is 37.1 Å². The number of anilines is 2. The number of carbonyl (C=O) groups is 2. The number of hydrogen-bond donors (Lipinski definition) is 3. The van der Waals surface area contributed by atoms with E-state index in [1.165, 1.54) is 13.2 Å². The second kappa shape index (κ2) is 8.08. The van der Waals surface area contributed by atoms with E-state index in [0.29, 0.717) is 36.9 Å². The van der Waals surface area contributed by atoms with Crippen LogP contribution in [0, 0.1) is 5.92 Å². The topological polar surface area (TPSA) is 106 Å². The molecule has 0 atom stereocenters. The van der Waals surface area contributed by atoms with Crippen LogP contribution in [0.3, 0.4) is 0 Å². The van der Waals surface area contributed by atoms with Gasteiger partial charge in [-0.15, -0.1) is 0 Å². The van der Waals surface area contributed by atoms with Crippen molar-refractivity contribution in [2.45, 2.75) is 20.3 Å². The van der Waals surface area contributed by atoms with Crippen molar-refractivity contribution in [3.63, 3.8) is 0 Å². The molecule has 1 rings (SSSR count). The molecule has 116 valence electrons. The van der Waals surface area contributed by atoms with Crippen LogP contribution in [0.4, 0.5) is 11.5 Å². The third-order valence-corrected chi connectivity index (χ3v) is 2.67. The van der Waals surface area contributed by atoms with Gasteiger partial charge in [-0.2, -0.15) is 0 Å². The van der Waals surface area contributed by atoms with E-state index in [2.05, 4.69) is 20.4 Å². The lowest BCUT2D eigenvalue weighted by atomic mass is 10.2. The Labute approximate surface area is 124 Å². The summed E-state index contributed by atoms with van der Waals surface area (Å²) in [5, 5.41) is 5.76. The Morgan fingerprint density at radius 1 is 1.38 bits per heavy atom. The molecule has 21 heavy (non-hydrogen) atoms.